The molecule has 2 N–H and O–H groups in total. The molecule has 3 heteroatoms. The van der Waals surface area contributed by atoms with Crippen LogP contribution in [0.4, 0.5) is 0 Å². The Hall–Kier alpha value is 0.634. The Balaban J connectivity index is 0.000000245. The summed E-state index contributed by atoms with van der Waals surface area (Å²) in [5.41, 5.74) is 0. The standard InChI is InChI=1S/2C6H12O.Ti/c2*7-6-4-2-1-3-5-6;/h2*6-7H,1-5H2;. The Morgan fingerprint density at radius 3 is 0.933 bits per heavy atom. The van der Waals surface area contributed by atoms with Gasteiger partial charge >= 0.3 is 0 Å². The normalized spacial score (nSPS) is 23.6. The van der Waals surface area contributed by atoms with Crippen LogP contribution in [0.15, 0.2) is 0 Å². The fraction of sp³-hybridized carbons (Fsp3) is 1.00. The van der Waals surface area contributed by atoms with Crippen LogP contribution in [0.3, 0.4) is 0 Å². The van der Waals surface area contributed by atoms with Gasteiger partial charge in [-0.1, -0.05) is 38.5 Å². The Bertz CT molecular complexity index is 114. The maximum atomic E-state index is 8.91. The molecule has 0 saturated heterocycles. The van der Waals surface area contributed by atoms with Gasteiger partial charge in [-0.3, -0.25) is 0 Å². The van der Waals surface area contributed by atoms with Crippen LogP contribution in [0.1, 0.15) is 64.2 Å². The number of rotatable bonds is 0. The topological polar surface area (TPSA) is 40.5 Å². The molecular weight excluding hydrogens is 224 g/mol. The van der Waals surface area contributed by atoms with Crippen LogP contribution in [0.5, 0.6) is 0 Å². The van der Waals surface area contributed by atoms with Gasteiger partial charge in [-0.05, 0) is 25.7 Å². The van der Waals surface area contributed by atoms with Crippen molar-refractivity contribution in [3.63, 3.8) is 0 Å². The van der Waals surface area contributed by atoms with E-state index in [2.05, 4.69) is 0 Å². The van der Waals surface area contributed by atoms with Gasteiger partial charge in [-0.2, -0.15) is 0 Å². The molecule has 0 amide bonds. The van der Waals surface area contributed by atoms with E-state index in [0.717, 1.165) is 25.7 Å². The minimum atomic E-state index is 0. The molecule has 0 radical (unpaired) electrons. The third-order valence-corrected chi connectivity index (χ3v) is 3.15. The van der Waals surface area contributed by atoms with E-state index in [1.807, 2.05) is 0 Å². The van der Waals surface area contributed by atoms with Crippen LogP contribution in [0.25, 0.3) is 0 Å². The van der Waals surface area contributed by atoms with Gasteiger partial charge in [0.05, 0.1) is 12.2 Å². The Kier molecular flexibility index (Phi) is 10.2. The molecule has 88 valence electrons. The molecule has 0 unspecified atom stereocenters. The Labute approximate surface area is 108 Å². The molecule has 0 aromatic carbocycles. The van der Waals surface area contributed by atoms with Crippen molar-refractivity contribution in [2.45, 2.75) is 76.4 Å². The van der Waals surface area contributed by atoms with Crippen LogP contribution in [-0.2, 0) is 21.7 Å². The van der Waals surface area contributed by atoms with Gasteiger partial charge < -0.3 is 10.2 Å². The first-order valence-corrected chi connectivity index (χ1v) is 6.15. The molecular formula is C12H24O2Ti. The predicted octanol–water partition coefficient (Wildman–Crippen LogP) is 2.62. The Morgan fingerprint density at radius 2 is 0.800 bits per heavy atom. The van der Waals surface area contributed by atoms with Crippen molar-refractivity contribution in [2.24, 2.45) is 0 Å². The van der Waals surface area contributed by atoms with Crippen LogP contribution >= 0.6 is 0 Å². The van der Waals surface area contributed by atoms with E-state index < -0.39 is 0 Å². The molecule has 0 aromatic rings. The molecule has 2 aliphatic carbocycles. The van der Waals surface area contributed by atoms with Crippen molar-refractivity contribution in [2.75, 3.05) is 0 Å². The summed E-state index contributed by atoms with van der Waals surface area (Å²) in [6.45, 7) is 0. The zero-order valence-corrected chi connectivity index (χ0v) is 11.2. The predicted molar refractivity (Wildman–Crippen MR) is 58.2 cm³/mol. The minimum Gasteiger partial charge on any atom is -0.393 e. The first kappa shape index (κ1) is 15.6. The summed E-state index contributed by atoms with van der Waals surface area (Å²) in [6, 6.07) is 0. The summed E-state index contributed by atoms with van der Waals surface area (Å²) in [5, 5.41) is 17.8. The maximum absolute atomic E-state index is 8.91. The van der Waals surface area contributed by atoms with Gasteiger partial charge in [0.1, 0.15) is 0 Å². The number of aliphatic hydroxyl groups excluding tert-OH is 2. The van der Waals surface area contributed by atoms with Gasteiger partial charge in [0.25, 0.3) is 0 Å². The van der Waals surface area contributed by atoms with Crippen molar-refractivity contribution in [3.8, 4) is 0 Å². The minimum absolute atomic E-state index is 0. The van der Waals surface area contributed by atoms with E-state index in [1.165, 1.54) is 38.5 Å². The first-order valence-electron chi connectivity index (χ1n) is 6.15. The van der Waals surface area contributed by atoms with Crippen molar-refractivity contribution in [3.05, 3.63) is 0 Å². The fourth-order valence-corrected chi connectivity index (χ4v) is 2.16. The van der Waals surface area contributed by atoms with E-state index in [-0.39, 0.29) is 33.9 Å². The third-order valence-electron chi connectivity index (χ3n) is 3.15. The summed E-state index contributed by atoms with van der Waals surface area (Å²) >= 11 is 0. The summed E-state index contributed by atoms with van der Waals surface area (Å²) in [5.74, 6) is 0. The molecule has 0 aliphatic heterocycles. The average Bonchev–Trinajstić information content (AvgIpc) is 2.21. The third kappa shape index (κ3) is 8.44. The molecule has 2 saturated carbocycles. The van der Waals surface area contributed by atoms with Crippen LogP contribution in [0.2, 0.25) is 0 Å². The first-order chi connectivity index (χ1) is 6.79. The molecule has 2 fully saturated rings. The summed E-state index contributed by atoms with van der Waals surface area (Å²) in [4.78, 5) is 0. The number of hydrogen-bond donors (Lipinski definition) is 2. The maximum Gasteiger partial charge on any atom is 0.0540 e. The van der Waals surface area contributed by atoms with E-state index in [4.69, 9.17) is 10.2 Å². The van der Waals surface area contributed by atoms with Crippen molar-refractivity contribution >= 4 is 0 Å². The van der Waals surface area contributed by atoms with Gasteiger partial charge in [0, 0.05) is 21.7 Å². The molecule has 0 atom stereocenters. The molecule has 0 bridgehead atoms. The largest absolute Gasteiger partial charge is 0.393 e. The molecule has 2 aliphatic rings. The Morgan fingerprint density at radius 1 is 0.533 bits per heavy atom. The molecule has 0 spiro atoms. The monoisotopic (exact) mass is 248 g/mol. The van der Waals surface area contributed by atoms with Crippen LogP contribution < -0.4 is 0 Å². The number of hydrogen-bond acceptors (Lipinski definition) is 2. The van der Waals surface area contributed by atoms with E-state index in [0.29, 0.717) is 0 Å². The molecule has 0 aromatic heterocycles. The van der Waals surface area contributed by atoms with Crippen molar-refractivity contribution in [1.29, 1.82) is 0 Å². The second kappa shape index (κ2) is 9.83. The van der Waals surface area contributed by atoms with Crippen LogP contribution in [-0.4, -0.2) is 22.4 Å². The van der Waals surface area contributed by atoms with Gasteiger partial charge in [-0.25, -0.2) is 0 Å². The zero-order chi connectivity index (χ0) is 10.2. The summed E-state index contributed by atoms with van der Waals surface area (Å²) < 4.78 is 0. The smallest absolute Gasteiger partial charge is 0.0540 e. The molecule has 2 nitrogen and oxygen atoms in total. The van der Waals surface area contributed by atoms with Gasteiger partial charge in [0.15, 0.2) is 0 Å². The van der Waals surface area contributed by atoms with E-state index >= 15 is 0 Å². The van der Waals surface area contributed by atoms with Gasteiger partial charge in [0.2, 0.25) is 0 Å². The average molecular weight is 248 g/mol. The summed E-state index contributed by atoms with van der Waals surface area (Å²) in [6.07, 6.45) is 11.8. The molecule has 2 rings (SSSR count). The molecule has 0 heterocycles. The summed E-state index contributed by atoms with van der Waals surface area (Å²) in [7, 11) is 0. The van der Waals surface area contributed by atoms with Crippen molar-refractivity contribution < 1.29 is 31.9 Å². The quantitative estimate of drug-likeness (QED) is 0.647. The molecule has 15 heavy (non-hydrogen) atoms. The second-order valence-corrected chi connectivity index (χ2v) is 4.58. The zero-order valence-electron chi connectivity index (χ0n) is 9.62. The van der Waals surface area contributed by atoms with Gasteiger partial charge in [-0.15, -0.1) is 0 Å². The SMILES string of the molecule is OC1CCCCC1.OC1CCCCC1.[Ti]. The van der Waals surface area contributed by atoms with E-state index in [9.17, 15) is 0 Å². The second-order valence-electron chi connectivity index (χ2n) is 4.58. The van der Waals surface area contributed by atoms with Crippen LogP contribution in [0, 0.1) is 0 Å². The van der Waals surface area contributed by atoms with Crippen molar-refractivity contribution in [1.82, 2.24) is 0 Å². The van der Waals surface area contributed by atoms with E-state index in [1.54, 1.807) is 0 Å². The number of aliphatic hydroxyl groups is 2. The fourth-order valence-electron chi connectivity index (χ4n) is 2.16.